The summed E-state index contributed by atoms with van der Waals surface area (Å²) < 4.78 is 5.31. The maximum Gasteiger partial charge on any atom is 0.338 e. The van der Waals surface area contributed by atoms with E-state index in [2.05, 4.69) is 19.2 Å². The highest BCUT2D eigenvalue weighted by atomic mass is 16.5. The fraction of sp³-hybridized carbons (Fsp3) is 0.579. The SMILES string of the molecule is Cc1cccc(C(=O)O[C@@H](C)C(=O)N[C@H]2CCC[C@H](C)[C@@H]2C)c1. The molecule has 2 rings (SSSR count). The summed E-state index contributed by atoms with van der Waals surface area (Å²) in [5, 5.41) is 3.05. The molecule has 1 N–H and O–H groups in total. The third kappa shape index (κ3) is 4.57. The van der Waals surface area contributed by atoms with Crippen LogP contribution in [0, 0.1) is 18.8 Å². The van der Waals surface area contributed by atoms with Gasteiger partial charge in [0.2, 0.25) is 0 Å². The van der Waals surface area contributed by atoms with Crippen LogP contribution in [-0.4, -0.2) is 24.0 Å². The second kappa shape index (κ2) is 7.62. The minimum Gasteiger partial charge on any atom is -0.449 e. The number of carbonyl (C=O) groups excluding carboxylic acids is 2. The van der Waals surface area contributed by atoms with Gasteiger partial charge in [0, 0.05) is 6.04 Å². The Morgan fingerprint density at radius 3 is 2.70 bits per heavy atom. The number of nitrogens with one attached hydrogen (secondary N) is 1. The number of rotatable bonds is 4. The lowest BCUT2D eigenvalue weighted by Gasteiger charge is -2.35. The van der Waals surface area contributed by atoms with Crippen molar-refractivity contribution in [1.82, 2.24) is 5.32 Å². The molecule has 1 amide bonds. The van der Waals surface area contributed by atoms with Crippen molar-refractivity contribution in [3.63, 3.8) is 0 Å². The average molecular weight is 317 g/mol. The van der Waals surface area contributed by atoms with Gasteiger partial charge >= 0.3 is 5.97 Å². The molecule has 23 heavy (non-hydrogen) atoms. The standard InChI is InChI=1S/C19H27NO3/c1-12-7-5-9-16(11-12)19(22)23-15(4)18(21)20-17-10-6-8-13(2)14(17)3/h5,7,9,11,13-15,17H,6,8,10H2,1-4H3,(H,20,21)/t13-,14-,15-,17-/m0/s1. The number of esters is 1. The Balaban J connectivity index is 1.91. The van der Waals surface area contributed by atoms with Crippen LogP contribution >= 0.6 is 0 Å². The molecule has 0 radical (unpaired) electrons. The quantitative estimate of drug-likeness (QED) is 0.865. The zero-order chi connectivity index (χ0) is 17.0. The first kappa shape index (κ1) is 17.5. The van der Waals surface area contributed by atoms with E-state index in [1.807, 2.05) is 19.1 Å². The Hall–Kier alpha value is -1.84. The minimum absolute atomic E-state index is 0.173. The Morgan fingerprint density at radius 1 is 1.26 bits per heavy atom. The van der Waals surface area contributed by atoms with Crippen LogP contribution in [0.4, 0.5) is 0 Å². The molecule has 1 aliphatic carbocycles. The monoisotopic (exact) mass is 317 g/mol. The van der Waals surface area contributed by atoms with Gasteiger partial charge in [0.1, 0.15) is 0 Å². The average Bonchev–Trinajstić information content (AvgIpc) is 2.51. The zero-order valence-electron chi connectivity index (χ0n) is 14.5. The second-order valence-electron chi connectivity index (χ2n) is 6.80. The van der Waals surface area contributed by atoms with Gasteiger partial charge in [-0.05, 0) is 44.2 Å². The zero-order valence-corrected chi connectivity index (χ0v) is 14.5. The van der Waals surface area contributed by atoms with Crippen molar-refractivity contribution in [2.75, 3.05) is 0 Å². The molecule has 4 heteroatoms. The fourth-order valence-corrected chi connectivity index (χ4v) is 3.14. The summed E-state index contributed by atoms with van der Waals surface area (Å²) in [5.74, 6) is 0.393. The highest BCUT2D eigenvalue weighted by Crippen LogP contribution is 2.29. The van der Waals surface area contributed by atoms with E-state index in [1.165, 1.54) is 6.42 Å². The third-order valence-corrected chi connectivity index (χ3v) is 4.94. The number of hydrogen-bond acceptors (Lipinski definition) is 3. The van der Waals surface area contributed by atoms with E-state index in [4.69, 9.17) is 4.74 Å². The van der Waals surface area contributed by atoms with Crippen molar-refractivity contribution in [1.29, 1.82) is 0 Å². The lowest BCUT2D eigenvalue weighted by atomic mass is 9.78. The lowest BCUT2D eigenvalue weighted by molar-refractivity contribution is -0.130. The number of benzene rings is 1. The van der Waals surface area contributed by atoms with Gasteiger partial charge < -0.3 is 10.1 Å². The third-order valence-electron chi connectivity index (χ3n) is 4.94. The van der Waals surface area contributed by atoms with Crippen LogP contribution in [-0.2, 0) is 9.53 Å². The van der Waals surface area contributed by atoms with Crippen LogP contribution in [0.2, 0.25) is 0 Å². The number of amides is 1. The molecule has 4 nitrogen and oxygen atoms in total. The van der Waals surface area contributed by atoms with Crippen molar-refractivity contribution < 1.29 is 14.3 Å². The summed E-state index contributed by atoms with van der Waals surface area (Å²) in [6.45, 7) is 7.95. The summed E-state index contributed by atoms with van der Waals surface area (Å²) in [6.07, 6.45) is 2.56. The van der Waals surface area contributed by atoms with Crippen molar-refractivity contribution in [3.8, 4) is 0 Å². The normalized spacial score (nSPS) is 25.5. The van der Waals surface area contributed by atoms with Gasteiger partial charge in [-0.15, -0.1) is 0 Å². The van der Waals surface area contributed by atoms with Crippen LogP contribution in [0.15, 0.2) is 24.3 Å². The van der Waals surface area contributed by atoms with Gasteiger partial charge in [0.05, 0.1) is 5.56 Å². The maximum absolute atomic E-state index is 12.3. The summed E-state index contributed by atoms with van der Waals surface area (Å²) in [5.41, 5.74) is 1.46. The van der Waals surface area contributed by atoms with Gasteiger partial charge in [0.25, 0.3) is 5.91 Å². The molecule has 1 aromatic rings. The minimum atomic E-state index is -0.785. The molecule has 1 aromatic carbocycles. The van der Waals surface area contributed by atoms with Crippen molar-refractivity contribution in [3.05, 3.63) is 35.4 Å². The largest absolute Gasteiger partial charge is 0.449 e. The number of aryl methyl sites for hydroxylation is 1. The first-order valence-corrected chi connectivity index (χ1v) is 8.46. The van der Waals surface area contributed by atoms with Gasteiger partial charge in [-0.2, -0.15) is 0 Å². The lowest BCUT2D eigenvalue weighted by Crippen LogP contribution is -2.47. The molecule has 1 saturated carbocycles. The molecule has 0 spiro atoms. The Bertz CT molecular complexity index is 569. The summed E-state index contributed by atoms with van der Waals surface area (Å²) in [4.78, 5) is 24.4. The number of carbonyl (C=O) groups is 2. The van der Waals surface area contributed by atoms with Crippen LogP contribution in [0.5, 0.6) is 0 Å². The molecule has 1 aliphatic rings. The topological polar surface area (TPSA) is 55.4 Å². The molecule has 0 aliphatic heterocycles. The molecular formula is C19H27NO3. The molecule has 0 bridgehead atoms. The van der Waals surface area contributed by atoms with Gasteiger partial charge in [-0.3, -0.25) is 4.79 Å². The Labute approximate surface area is 138 Å². The first-order chi connectivity index (χ1) is 10.9. The van der Waals surface area contributed by atoms with Crippen LogP contribution < -0.4 is 5.32 Å². The molecular weight excluding hydrogens is 290 g/mol. The predicted molar refractivity (Wildman–Crippen MR) is 90.2 cm³/mol. The Morgan fingerprint density at radius 2 is 2.00 bits per heavy atom. The van der Waals surface area contributed by atoms with E-state index in [0.717, 1.165) is 18.4 Å². The first-order valence-electron chi connectivity index (χ1n) is 8.46. The summed E-state index contributed by atoms with van der Waals surface area (Å²) in [7, 11) is 0. The van der Waals surface area contributed by atoms with E-state index in [9.17, 15) is 9.59 Å². The van der Waals surface area contributed by atoms with Crippen molar-refractivity contribution >= 4 is 11.9 Å². The summed E-state index contributed by atoms with van der Waals surface area (Å²) >= 11 is 0. The molecule has 0 saturated heterocycles. The molecule has 4 atom stereocenters. The van der Waals surface area contributed by atoms with E-state index >= 15 is 0 Å². The van der Waals surface area contributed by atoms with Crippen molar-refractivity contribution in [2.45, 2.75) is 59.1 Å². The van der Waals surface area contributed by atoms with Crippen LogP contribution in [0.1, 0.15) is 56.0 Å². The fourth-order valence-electron chi connectivity index (χ4n) is 3.14. The maximum atomic E-state index is 12.3. The number of ether oxygens (including phenoxy) is 1. The molecule has 0 aromatic heterocycles. The highest BCUT2D eigenvalue weighted by Gasteiger charge is 2.30. The van der Waals surface area contributed by atoms with Crippen LogP contribution in [0.25, 0.3) is 0 Å². The summed E-state index contributed by atoms with van der Waals surface area (Å²) in [6, 6.07) is 7.36. The van der Waals surface area contributed by atoms with Gasteiger partial charge in [0.15, 0.2) is 6.10 Å². The highest BCUT2D eigenvalue weighted by molar-refractivity contribution is 5.92. The molecule has 126 valence electrons. The van der Waals surface area contributed by atoms with E-state index in [0.29, 0.717) is 17.4 Å². The van der Waals surface area contributed by atoms with Crippen molar-refractivity contribution in [2.24, 2.45) is 11.8 Å². The molecule has 1 fully saturated rings. The second-order valence-corrected chi connectivity index (χ2v) is 6.80. The van der Waals surface area contributed by atoms with Gasteiger partial charge in [-0.1, -0.05) is 44.4 Å². The van der Waals surface area contributed by atoms with Crippen LogP contribution in [0.3, 0.4) is 0 Å². The Kier molecular flexibility index (Phi) is 5.80. The molecule has 0 heterocycles. The number of hydrogen-bond donors (Lipinski definition) is 1. The molecule has 0 unspecified atom stereocenters. The van der Waals surface area contributed by atoms with E-state index < -0.39 is 12.1 Å². The van der Waals surface area contributed by atoms with E-state index in [1.54, 1.807) is 19.1 Å². The predicted octanol–water partition coefficient (Wildman–Crippen LogP) is 3.48. The van der Waals surface area contributed by atoms with Gasteiger partial charge in [-0.25, -0.2) is 4.79 Å². The smallest absolute Gasteiger partial charge is 0.338 e. The van der Waals surface area contributed by atoms with E-state index in [-0.39, 0.29) is 11.9 Å².